The van der Waals surface area contributed by atoms with Gasteiger partial charge in [-0.25, -0.2) is 0 Å². The normalized spacial score (nSPS) is 11.4. The van der Waals surface area contributed by atoms with Gasteiger partial charge >= 0.3 is 5.97 Å². The minimum atomic E-state index is -0.435. The molecule has 0 spiro atoms. The Bertz CT molecular complexity index is 966. The molecule has 1 amide bonds. The number of carbonyl (C=O) groups excluding carboxylic acids is 2. The highest BCUT2D eigenvalue weighted by Gasteiger charge is 2.18. The summed E-state index contributed by atoms with van der Waals surface area (Å²) in [5.41, 5.74) is 3.81. The maximum atomic E-state index is 12.5. The largest absolute Gasteiger partial charge is 0.497 e. The Hall–Kier alpha value is -3.60. The molecule has 0 aliphatic carbocycles. The Morgan fingerprint density at radius 2 is 1.50 bits per heavy atom. The van der Waals surface area contributed by atoms with Crippen molar-refractivity contribution in [3.05, 3.63) is 101 Å². The smallest absolute Gasteiger partial charge is 0.310 e. The molecule has 0 unspecified atom stereocenters. The first-order chi connectivity index (χ1) is 14.5. The number of amides is 1. The van der Waals surface area contributed by atoms with Crippen LogP contribution >= 0.6 is 0 Å². The molecule has 5 heteroatoms. The zero-order valence-corrected chi connectivity index (χ0v) is 17.1. The summed E-state index contributed by atoms with van der Waals surface area (Å²) >= 11 is 0. The molecular weight excluding hydrogens is 378 g/mol. The average molecular weight is 403 g/mol. The lowest BCUT2D eigenvalue weighted by molar-refractivity contribution is -0.148. The summed E-state index contributed by atoms with van der Waals surface area (Å²) in [6, 6.07) is 24.4. The highest BCUT2D eigenvalue weighted by atomic mass is 16.5. The van der Waals surface area contributed by atoms with Crippen LogP contribution in [0.1, 0.15) is 28.3 Å². The molecule has 0 fully saturated rings. The van der Waals surface area contributed by atoms with Gasteiger partial charge in [-0.05, 0) is 35.7 Å². The lowest BCUT2D eigenvalue weighted by Gasteiger charge is -2.20. The number of hydrogen-bond acceptors (Lipinski definition) is 4. The second kappa shape index (κ2) is 10.3. The second-order valence-electron chi connectivity index (χ2n) is 7.01. The summed E-state index contributed by atoms with van der Waals surface area (Å²) in [7, 11) is 1.61. The van der Waals surface area contributed by atoms with Gasteiger partial charge in [0, 0.05) is 0 Å². The van der Waals surface area contributed by atoms with Crippen molar-refractivity contribution in [2.75, 3.05) is 13.7 Å². The molecule has 0 aliphatic heterocycles. The van der Waals surface area contributed by atoms with Crippen molar-refractivity contribution in [2.24, 2.45) is 0 Å². The van der Waals surface area contributed by atoms with Gasteiger partial charge in [0.15, 0.2) is 6.61 Å². The molecule has 0 saturated carbocycles. The predicted molar refractivity (Wildman–Crippen MR) is 115 cm³/mol. The van der Waals surface area contributed by atoms with Gasteiger partial charge in [-0.3, -0.25) is 9.59 Å². The minimum absolute atomic E-state index is 0.133. The molecule has 5 nitrogen and oxygen atoms in total. The van der Waals surface area contributed by atoms with Crippen LogP contribution in [0.4, 0.5) is 0 Å². The van der Waals surface area contributed by atoms with Crippen LogP contribution in [-0.2, 0) is 20.7 Å². The molecule has 0 saturated heterocycles. The Balaban J connectivity index is 1.62. The molecule has 3 aromatic rings. The predicted octanol–water partition coefficient (Wildman–Crippen LogP) is 4.00. The van der Waals surface area contributed by atoms with Crippen LogP contribution in [0.3, 0.4) is 0 Å². The third kappa shape index (κ3) is 5.95. The van der Waals surface area contributed by atoms with Gasteiger partial charge in [-0.15, -0.1) is 0 Å². The fourth-order valence-corrected chi connectivity index (χ4v) is 3.07. The molecule has 0 aliphatic rings. The van der Waals surface area contributed by atoms with Gasteiger partial charge in [0.05, 0.1) is 19.6 Å². The van der Waals surface area contributed by atoms with Crippen molar-refractivity contribution >= 4 is 11.9 Å². The molecule has 154 valence electrons. The van der Waals surface area contributed by atoms with Gasteiger partial charge in [-0.1, -0.05) is 72.3 Å². The number of methoxy groups -OCH3 is 1. The summed E-state index contributed by atoms with van der Waals surface area (Å²) in [5, 5.41) is 2.96. The maximum Gasteiger partial charge on any atom is 0.310 e. The number of nitrogens with one attached hydrogen (secondary N) is 1. The van der Waals surface area contributed by atoms with Crippen molar-refractivity contribution in [1.29, 1.82) is 0 Å². The van der Waals surface area contributed by atoms with Crippen molar-refractivity contribution in [3.63, 3.8) is 0 Å². The van der Waals surface area contributed by atoms with E-state index in [2.05, 4.69) is 5.32 Å². The lowest BCUT2D eigenvalue weighted by Crippen LogP contribution is -2.33. The van der Waals surface area contributed by atoms with Gasteiger partial charge in [0.1, 0.15) is 5.75 Å². The Kier molecular flexibility index (Phi) is 7.22. The first-order valence-corrected chi connectivity index (χ1v) is 9.74. The number of carbonyl (C=O) groups is 2. The van der Waals surface area contributed by atoms with Crippen LogP contribution < -0.4 is 10.1 Å². The third-order valence-corrected chi connectivity index (χ3v) is 4.72. The highest BCUT2D eigenvalue weighted by Crippen LogP contribution is 2.24. The van der Waals surface area contributed by atoms with E-state index in [1.807, 2.05) is 85.8 Å². The quantitative estimate of drug-likeness (QED) is 0.578. The SMILES string of the molecule is COc1ccc([C@@H](NC(=O)COC(=O)Cc2ccc(C)cc2)c2ccccc2)cc1. The second-order valence-corrected chi connectivity index (χ2v) is 7.01. The van der Waals surface area contributed by atoms with Crippen LogP contribution in [-0.4, -0.2) is 25.6 Å². The van der Waals surface area contributed by atoms with E-state index in [1.165, 1.54) is 0 Å². The summed E-state index contributed by atoms with van der Waals surface area (Å²) in [6.07, 6.45) is 0.133. The van der Waals surface area contributed by atoms with Crippen LogP contribution in [0.5, 0.6) is 5.75 Å². The van der Waals surface area contributed by atoms with E-state index >= 15 is 0 Å². The van der Waals surface area contributed by atoms with Crippen molar-refractivity contribution < 1.29 is 19.1 Å². The highest BCUT2D eigenvalue weighted by molar-refractivity contribution is 5.81. The van der Waals surface area contributed by atoms with Crippen molar-refractivity contribution in [3.8, 4) is 5.75 Å². The monoisotopic (exact) mass is 403 g/mol. The Morgan fingerprint density at radius 1 is 0.867 bits per heavy atom. The average Bonchev–Trinajstić information content (AvgIpc) is 2.78. The van der Waals surface area contributed by atoms with Gasteiger partial charge < -0.3 is 14.8 Å². The molecule has 30 heavy (non-hydrogen) atoms. The number of rotatable bonds is 8. The van der Waals surface area contributed by atoms with Gasteiger partial charge in [0.25, 0.3) is 5.91 Å². The Labute approximate surface area is 176 Å². The fourth-order valence-electron chi connectivity index (χ4n) is 3.07. The summed E-state index contributed by atoms with van der Waals surface area (Å²) in [5.74, 6) is -0.0615. The van der Waals surface area contributed by atoms with E-state index in [-0.39, 0.29) is 25.0 Å². The van der Waals surface area contributed by atoms with Crippen LogP contribution in [0, 0.1) is 6.92 Å². The van der Waals surface area contributed by atoms with Gasteiger partial charge in [-0.2, -0.15) is 0 Å². The third-order valence-electron chi connectivity index (χ3n) is 4.72. The minimum Gasteiger partial charge on any atom is -0.497 e. The summed E-state index contributed by atoms with van der Waals surface area (Å²) < 4.78 is 10.4. The first kappa shape index (κ1) is 21.1. The molecule has 1 atom stereocenters. The zero-order chi connectivity index (χ0) is 21.3. The topological polar surface area (TPSA) is 64.6 Å². The van der Waals surface area contributed by atoms with E-state index in [9.17, 15) is 9.59 Å². The number of ether oxygens (including phenoxy) is 2. The number of benzene rings is 3. The Morgan fingerprint density at radius 3 is 2.13 bits per heavy atom. The molecule has 0 aromatic heterocycles. The molecule has 0 heterocycles. The van der Waals surface area contributed by atoms with Gasteiger partial charge in [0.2, 0.25) is 0 Å². The zero-order valence-electron chi connectivity index (χ0n) is 17.1. The first-order valence-electron chi connectivity index (χ1n) is 9.74. The van der Waals surface area contributed by atoms with Crippen LogP contribution in [0.25, 0.3) is 0 Å². The van der Waals surface area contributed by atoms with Crippen molar-refractivity contribution in [2.45, 2.75) is 19.4 Å². The maximum absolute atomic E-state index is 12.5. The fraction of sp³-hybridized carbons (Fsp3) is 0.200. The number of esters is 1. The van der Waals surface area contributed by atoms with Crippen molar-refractivity contribution in [1.82, 2.24) is 5.32 Å². The van der Waals surface area contributed by atoms with E-state index in [0.717, 1.165) is 28.0 Å². The standard InChI is InChI=1S/C25H25NO4/c1-18-8-10-19(11-9-18)16-24(28)30-17-23(27)26-25(20-6-4-3-5-7-20)21-12-14-22(29-2)15-13-21/h3-15,25H,16-17H2,1-2H3,(H,26,27)/t25-/m0/s1. The lowest BCUT2D eigenvalue weighted by atomic mass is 9.98. The number of hydrogen-bond donors (Lipinski definition) is 1. The molecular formula is C25H25NO4. The summed E-state index contributed by atoms with van der Waals surface area (Å²) in [6.45, 7) is 1.66. The van der Waals surface area contributed by atoms with E-state index < -0.39 is 5.97 Å². The summed E-state index contributed by atoms with van der Waals surface area (Å²) in [4.78, 5) is 24.6. The molecule has 0 bridgehead atoms. The van der Waals surface area contributed by atoms with Crippen LogP contribution in [0.2, 0.25) is 0 Å². The molecule has 1 N–H and O–H groups in total. The molecule has 3 rings (SSSR count). The van der Waals surface area contributed by atoms with E-state index in [1.54, 1.807) is 7.11 Å². The molecule has 0 radical (unpaired) electrons. The van der Waals surface area contributed by atoms with Crippen LogP contribution in [0.15, 0.2) is 78.9 Å². The van der Waals surface area contributed by atoms with E-state index in [4.69, 9.17) is 9.47 Å². The number of aryl methyl sites for hydroxylation is 1. The van der Waals surface area contributed by atoms with E-state index in [0.29, 0.717) is 0 Å². The molecule has 3 aromatic carbocycles.